The van der Waals surface area contributed by atoms with E-state index in [0.717, 1.165) is 6.54 Å². The summed E-state index contributed by atoms with van der Waals surface area (Å²) in [5, 5.41) is 6.55. The van der Waals surface area contributed by atoms with E-state index in [1.807, 2.05) is 6.20 Å². The molecule has 0 fully saturated rings. The molecule has 0 bridgehead atoms. The molecule has 0 aromatic rings. The Hall–Kier alpha value is -0.660. The van der Waals surface area contributed by atoms with Crippen molar-refractivity contribution in [3.63, 3.8) is 0 Å². The van der Waals surface area contributed by atoms with E-state index in [1.54, 1.807) is 0 Å². The van der Waals surface area contributed by atoms with Crippen LogP contribution in [0.2, 0.25) is 0 Å². The summed E-state index contributed by atoms with van der Waals surface area (Å²) in [6.07, 6.45) is 2.01. The molecule has 0 amide bonds. The van der Waals surface area contributed by atoms with E-state index in [1.165, 1.54) is 5.70 Å². The van der Waals surface area contributed by atoms with Gasteiger partial charge in [0.1, 0.15) is 0 Å². The number of rotatable bonds is 0. The number of nitrogens with one attached hydrogen (secondary N) is 2. The zero-order valence-corrected chi connectivity index (χ0v) is 6.28. The van der Waals surface area contributed by atoms with Gasteiger partial charge in [0.2, 0.25) is 0 Å². The van der Waals surface area contributed by atoms with Crippen molar-refractivity contribution in [3.05, 3.63) is 11.9 Å². The van der Waals surface area contributed by atoms with E-state index < -0.39 is 0 Å². The van der Waals surface area contributed by atoms with Gasteiger partial charge in [0, 0.05) is 24.0 Å². The third-order valence-electron chi connectivity index (χ3n) is 1.40. The smallest absolute Gasteiger partial charge is 0.0486 e. The molecule has 2 heteroatoms. The van der Waals surface area contributed by atoms with Crippen LogP contribution in [0.3, 0.4) is 0 Å². The summed E-state index contributed by atoms with van der Waals surface area (Å²) in [6.45, 7) is 7.42. The molecule has 0 radical (unpaired) electrons. The second-order valence-corrected chi connectivity index (χ2v) is 3.22. The maximum Gasteiger partial charge on any atom is 0.0486 e. The van der Waals surface area contributed by atoms with Crippen molar-refractivity contribution in [3.8, 4) is 0 Å². The minimum absolute atomic E-state index is 0.221. The lowest BCUT2D eigenvalue weighted by Crippen LogP contribution is -2.49. The molecule has 0 aromatic heterocycles. The summed E-state index contributed by atoms with van der Waals surface area (Å²) in [4.78, 5) is 0. The molecular formula is C7H14N2. The summed E-state index contributed by atoms with van der Waals surface area (Å²) >= 11 is 0. The Morgan fingerprint density at radius 1 is 1.56 bits per heavy atom. The highest BCUT2D eigenvalue weighted by Gasteiger charge is 2.18. The van der Waals surface area contributed by atoms with Gasteiger partial charge < -0.3 is 10.6 Å². The predicted octanol–water partition coefficient (Wildman–Crippen LogP) is 0.819. The zero-order chi connectivity index (χ0) is 6.91. The summed E-state index contributed by atoms with van der Waals surface area (Å²) < 4.78 is 0. The molecule has 1 heterocycles. The second kappa shape index (κ2) is 1.94. The van der Waals surface area contributed by atoms with Crippen LogP contribution >= 0.6 is 0 Å². The molecule has 2 nitrogen and oxygen atoms in total. The first-order valence-corrected chi connectivity index (χ1v) is 3.28. The van der Waals surface area contributed by atoms with Gasteiger partial charge in [-0.25, -0.2) is 0 Å². The van der Waals surface area contributed by atoms with E-state index in [2.05, 4.69) is 31.4 Å². The van der Waals surface area contributed by atoms with Crippen LogP contribution < -0.4 is 10.6 Å². The molecule has 0 spiro atoms. The summed E-state index contributed by atoms with van der Waals surface area (Å²) in [5.74, 6) is 0. The normalized spacial score (nSPS) is 23.7. The highest BCUT2D eigenvalue weighted by atomic mass is 15.1. The van der Waals surface area contributed by atoms with Gasteiger partial charge in [-0.05, 0) is 20.8 Å². The third-order valence-corrected chi connectivity index (χ3v) is 1.40. The van der Waals surface area contributed by atoms with E-state index >= 15 is 0 Å². The van der Waals surface area contributed by atoms with Crippen molar-refractivity contribution in [2.75, 3.05) is 6.54 Å². The molecule has 1 aliphatic heterocycles. The lowest BCUT2D eigenvalue weighted by Gasteiger charge is -2.31. The Labute approximate surface area is 56.3 Å². The molecule has 1 aliphatic rings. The topological polar surface area (TPSA) is 24.1 Å². The molecule has 2 N–H and O–H groups in total. The quantitative estimate of drug-likeness (QED) is 0.502. The number of hydrogen-bond acceptors (Lipinski definition) is 2. The Balaban J connectivity index is 2.59. The van der Waals surface area contributed by atoms with Crippen LogP contribution in [0.4, 0.5) is 0 Å². The standard InChI is InChI=1S/C7H14N2/c1-6-4-8-5-7(2,3)9-6/h4,8-9H,5H2,1-3H3. The van der Waals surface area contributed by atoms with Gasteiger partial charge in [0.25, 0.3) is 0 Å². The van der Waals surface area contributed by atoms with Gasteiger partial charge in [-0.15, -0.1) is 0 Å². The van der Waals surface area contributed by atoms with Crippen LogP contribution in [-0.2, 0) is 0 Å². The first-order chi connectivity index (χ1) is 4.10. The largest absolute Gasteiger partial charge is 0.387 e. The first kappa shape index (κ1) is 6.46. The fraction of sp³-hybridized carbons (Fsp3) is 0.714. The van der Waals surface area contributed by atoms with E-state index in [9.17, 15) is 0 Å². The minimum Gasteiger partial charge on any atom is -0.387 e. The van der Waals surface area contributed by atoms with Crippen LogP contribution in [-0.4, -0.2) is 12.1 Å². The van der Waals surface area contributed by atoms with Crippen molar-refractivity contribution < 1.29 is 0 Å². The van der Waals surface area contributed by atoms with Crippen molar-refractivity contribution in [1.29, 1.82) is 0 Å². The monoisotopic (exact) mass is 126 g/mol. The van der Waals surface area contributed by atoms with Crippen LogP contribution in [0.25, 0.3) is 0 Å². The van der Waals surface area contributed by atoms with Crippen molar-refractivity contribution in [2.24, 2.45) is 0 Å². The fourth-order valence-electron chi connectivity index (χ4n) is 1.07. The van der Waals surface area contributed by atoms with Gasteiger partial charge >= 0.3 is 0 Å². The summed E-state index contributed by atoms with van der Waals surface area (Å²) in [5.41, 5.74) is 1.44. The molecular weight excluding hydrogens is 112 g/mol. The molecule has 1 rings (SSSR count). The van der Waals surface area contributed by atoms with E-state index in [4.69, 9.17) is 0 Å². The third kappa shape index (κ3) is 1.63. The Morgan fingerprint density at radius 2 is 2.22 bits per heavy atom. The maximum atomic E-state index is 3.35. The number of allylic oxidation sites excluding steroid dienone is 1. The van der Waals surface area contributed by atoms with Gasteiger partial charge in [-0.2, -0.15) is 0 Å². The molecule has 0 unspecified atom stereocenters. The Morgan fingerprint density at radius 3 is 2.56 bits per heavy atom. The zero-order valence-electron chi connectivity index (χ0n) is 6.28. The van der Waals surface area contributed by atoms with Crippen molar-refractivity contribution in [2.45, 2.75) is 26.3 Å². The van der Waals surface area contributed by atoms with Crippen molar-refractivity contribution in [1.82, 2.24) is 10.6 Å². The minimum atomic E-state index is 0.221. The van der Waals surface area contributed by atoms with Gasteiger partial charge in [0.15, 0.2) is 0 Å². The van der Waals surface area contributed by atoms with Gasteiger partial charge in [-0.1, -0.05) is 0 Å². The second-order valence-electron chi connectivity index (χ2n) is 3.22. The molecule has 0 saturated carbocycles. The lowest BCUT2D eigenvalue weighted by molar-refractivity contribution is 0.395. The molecule has 0 aromatic carbocycles. The van der Waals surface area contributed by atoms with Gasteiger partial charge in [0.05, 0.1) is 0 Å². The average Bonchev–Trinajstić information content (AvgIpc) is 1.60. The fourth-order valence-corrected chi connectivity index (χ4v) is 1.07. The van der Waals surface area contributed by atoms with Gasteiger partial charge in [-0.3, -0.25) is 0 Å². The van der Waals surface area contributed by atoms with Crippen LogP contribution in [0.5, 0.6) is 0 Å². The highest BCUT2D eigenvalue weighted by molar-refractivity contribution is 5.05. The van der Waals surface area contributed by atoms with Crippen LogP contribution in [0.1, 0.15) is 20.8 Å². The molecule has 52 valence electrons. The average molecular weight is 126 g/mol. The maximum absolute atomic E-state index is 3.35. The van der Waals surface area contributed by atoms with Crippen LogP contribution in [0.15, 0.2) is 11.9 Å². The summed E-state index contributed by atoms with van der Waals surface area (Å²) in [7, 11) is 0. The van der Waals surface area contributed by atoms with E-state index in [-0.39, 0.29) is 5.54 Å². The van der Waals surface area contributed by atoms with E-state index in [0.29, 0.717) is 0 Å². The molecule has 0 saturated heterocycles. The molecule has 0 aliphatic carbocycles. The Bertz CT molecular complexity index is 136. The highest BCUT2D eigenvalue weighted by Crippen LogP contribution is 2.06. The predicted molar refractivity (Wildman–Crippen MR) is 39.0 cm³/mol. The Kier molecular flexibility index (Phi) is 1.39. The molecule has 9 heavy (non-hydrogen) atoms. The number of hydrogen-bond donors (Lipinski definition) is 2. The SMILES string of the molecule is CC1=CNCC(C)(C)N1. The first-order valence-electron chi connectivity index (χ1n) is 3.28. The van der Waals surface area contributed by atoms with Crippen molar-refractivity contribution >= 4 is 0 Å². The molecule has 0 atom stereocenters. The summed E-state index contributed by atoms with van der Waals surface area (Å²) in [6, 6.07) is 0. The lowest BCUT2D eigenvalue weighted by atomic mass is 10.0. The van der Waals surface area contributed by atoms with Crippen LogP contribution in [0, 0.1) is 0 Å².